The van der Waals surface area contributed by atoms with E-state index in [2.05, 4.69) is 0 Å². The molecule has 0 amide bonds. The van der Waals surface area contributed by atoms with Crippen molar-refractivity contribution >= 4 is 0 Å². The summed E-state index contributed by atoms with van der Waals surface area (Å²) in [6.45, 7) is -1.28. The Bertz CT molecular complexity index is 579. The van der Waals surface area contributed by atoms with Crippen molar-refractivity contribution < 1.29 is 27.0 Å². The van der Waals surface area contributed by atoms with Gasteiger partial charge in [-0.3, -0.25) is 0 Å². The zero-order chi connectivity index (χ0) is 15.3. The van der Waals surface area contributed by atoms with Crippen LogP contribution in [-0.4, -0.2) is 12.8 Å². The lowest BCUT2D eigenvalue weighted by Gasteiger charge is -2.13. The standard InChI is InChI=1S/C15H12F4O2/c16-12-7-5-11(6-8-12)9-20-13-3-1-2-4-14(13)21-10-15(17,18)19/h1-8H,9-10H2. The predicted octanol–water partition coefficient (Wildman–Crippen LogP) is 4.35. The van der Waals surface area contributed by atoms with E-state index in [0.29, 0.717) is 5.56 Å². The average Bonchev–Trinajstić information content (AvgIpc) is 2.44. The zero-order valence-electron chi connectivity index (χ0n) is 10.9. The first-order valence-electron chi connectivity index (χ1n) is 6.10. The molecule has 0 aliphatic rings. The number of hydrogen-bond acceptors (Lipinski definition) is 2. The molecule has 21 heavy (non-hydrogen) atoms. The van der Waals surface area contributed by atoms with Crippen LogP contribution in [0.2, 0.25) is 0 Å². The molecule has 2 aromatic carbocycles. The van der Waals surface area contributed by atoms with Crippen molar-refractivity contribution in [2.75, 3.05) is 6.61 Å². The Kier molecular flexibility index (Phi) is 4.67. The van der Waals surface area contributed by atoms with Gasteiger partial charge >= 0.3 is 6.18 Å². The van der Waals surface area contributed by atoms with Crippen LogP contribution >= 0.6 is 0 Å². The van der Waals surface area contributed by atoms with Gasteiger partial charge in [-0.05, 0) is 29.8 Å². The molecular weight excluding hydrogens is 288 g/mol. The van der Waals surface area contributed by atoms with Crippen LogP contribution in [0.3, 0.4) is 0 Å². The van der Waals surface area contributed by atoms with Gasteiger partial charge in [0.2, 0.25) is 0 Å². The van der Waals surface area contributed by atoms with Crippen molar-refractivity contribution in [2.45, 2.75) is 12.8 Å². The highest BCUT2D eigenvalue weighted by Crippen LogP contribution is 2.29. The fraction of sp³-hybridized carbons (Fsp3) is 0.200. The molecule has 0 fully saturated rings. The summed E-state index contributed by atoms with van der Waals surface area (Å²) >= 11 is 0. The number of halogens is 4. The van der Waals surface area contributed by atoms with Gasteiger partial charge in [0.25, 0.3) is 0 Å². The lowest BCUT2D eigenvalue weighted by atomic mass is 10.2. The van der Waals surface area contributed by atoms with Crippen LogP contribution in [0.5, 0.6) is 11.5 Å². The maximum atomic E-state index is 12.8. The molecule has 0 aliphatic heterocycles. The molecule has 0 aliphatic carbocycles. The van der Waals surface area contributed by atoms with Crippen LogP contribution in [0.15, 0.2) is 48.5 Å². The summed E-state index contributed by atoms with van der Waals surface area (Å²) in [6, 6.07) is 11.7. The van der Waals surface area contributed by atoms with Gasteiger partial charge in [0.15, 0.2) is 18.1 Å². The lowest BCUT2D eigenvalue weighted by molar-refractivity contribution is -0.153. The van der Waals surface area contributed by atoms with Crippen molar-refractivity contribution in [3.8, 4) is 11.5 Å². The molecule has 0 spiro atoms. The fourth-order valence-corrected chi connectivity index (χ4v) is 1.59. The van der Waals surface area contributed by atoms with Gasteiger partial charge in [-0.15, -0.1) is 0 Å². The molecule has 0 bridgehead atoms. The zero-order valence-corrected chi connectivity index (χ0v) is 10.9. The summed E-state index contributed by atoms with van der Waals surface area (Å²) in [5.74, 6) is -0.157. The molecule has 6 heteroatoms. The van der Waals surface area contributed by atoms with Gasteiger partial charge in [-0.25, -0.2) is 4.39 Å². The molecular formula is C15H12F4O2. The number of ether oxygens (including phenoxy) is 2. The molecule has 0 saturated carbocycles. The van der Waals surface area contributed by atoms with Crippen LogP contribution in [0.4, 0.5) is 17.6 Å². The van der Waals surface area contributed by atoms with E-state index in [-0.39, 0.29) is 23.9 Å². The summed E-state index contributed by atoms with van der Waals surface area (Å²) in [4.78, 5) is 0. The molecule has 0 atom stereocenters. The van der Waals surface area contributed by atoms with Gasteiger partial charge in [-0.1, -0.05) is 24.3 Å². The third kappa shape index (κ3) is 4.98. The summed E-state index contributed by atoms with van der Waals surface area (Å²) in [7, 11) is 0. The van der Waals surface area contributed by atoms with Crippen molar-refractivity contribution in [1.82, 2.24) is 0 Å². The molecule has 0 saturated heterocycles. The monoisotopic (exact) mass is 300 g/mol. The normalized spacial score (nSPS) is 11.2. The van der Waals surface area contributed by atoms with E-state index in [1.807, 2.05) is 0 Å². The molecule has 0 aromatic heterocycles. The largest absolute Gasteiger partial charge is 0.485 e. The summed E-state index contributed by atoms with van der Waals surface area (Å²) in [5.41, 5.74) is 0.696. The highest BCUT2D eigenvalue weighted by molar-refractivity contribution is 5.39. The average molecular weight is 300 g/mol. The first-order chi connectivity index (χ1) is 9.94. The van der Waals surface area contributed by atoms with Crippen LogP contribution in [0.25, 0.3) is 0 Å². The second-order valence-electron chi connectivity index (χ2n) is 4.27. The SMILES string of the molecule is Fc1ccc(COc2ccccc2OCC(F)(F)F)cc1. The van der Waals surface area contributed by atoms with Crippen molar-refractivity contribution in [3.63, 3.8) is 0 Å². The minimum Gasteiger partial charge on any atom is -0.485 e. The quantitative estimate of drug-likeness (QED) is 0.764. The van der Waals surface area contributed by atoms with E-state index in [1.165, 1.54) is 36.4 Å². The maximum Gasteiger partial charge on any atom is 0.422 e. The first kappa shape index (κ1) is 15.2. The Morgan fingerprint density at radius 3 is 1.95 bits per heavy atom. The highest BCUT2D eigenvalue weighted by Gasteiger charge is 2.28. The van der Waals surface area contributed by atoms with E-state index < -0.39 is 12.8 Å². The molecule has 112 valence electrons. The molecule has 0 unspecified atom stereocenters. The number of hydrogen-bond donors (Lipinski definition) is 0. The van der Waals surface area contributed by atoms with Crippen molar-refractivity contribution in [2.24, 2.45) is 0 Å². The van der Waals surface area contributed by atoms with Crippen molar-refractivity contribution in [1.29, 1.82) is 0 Å². The lowest BCUT2D eigenvalue weighted by Crippen LogP contribution is -2.19. The summed E-state index contributed by atoms with van der Waals surface area (Å²) in [6.07, 6.45) is -4.41. The number of benzene rings is 2. The van der Waals surface area contributed by atoms with E-state index in [0.717, 1.165) is 0 Å². The number of rotatable bonds is 5. The van der Waals surface area contributed by atoms with Gasteiger partial charge in [-0.2, -0.15) is 13.2 Å². The fourth-order valence-electron chi connectivity index (χ4n) is 1.59. The van der Waals surface area contributed by atoms with E-state index in [1.54, 1.807) is 12.1 Å². The van der Waals surface area contributed by atoms with E-state index >= 15 is 0 Å². The first-order valence-corrected chi connectivity index (χ1v) is 6.10. The third-order valence-electron chi connectivity index (χ3n) is 2.55. The topological polar surface area (TPSA) is 18.5 Å². The molecule has 2 nitrogen and oxygen atoms in total. The molecule has 0 heterocycles. The molecule has 0 radical (unpaired) electrons. The van der Waals surface area contributed by atoms with E-state index in [4.69, 9.17) is 9.47 Å². The molecule has 2 rings (SSSR count). The Hall–Kier alpha value is -2.24. The Morgan fingerprint density at radius 1 is 0.810 bits per heavy atom. The van der Waals surface area contributed by atoms with Gasteiger partial charge in [0.05, 0.1) is 0 Å². The van der Waals surface area contributed by atoms with Crippen LogP contribution in [0, 0.1) is 5.82 Å². The minimum atomic E-state index is -4.41. The van der Waals surface area contributed by atoms with E-state index in [9.17, 15) is 17.6 Å². The second-order valence-corrected chi connectivity index (χ2v) is 4.27. The molecule has 0 N–H and O–H groups in total. The van der Waals surface area contributed by atoms with Crippen LogP contribution in [-0.2, 0) is 6.61 Å². The van der Waals surface area contributed by atoms with Gasteiger partial charge in [0, 0.05) is 0 Å². The maximum absolute atomic E-state index is 12.8. The second kappa shape index (κ2) is 6.47. The Balaban J connectivity index is 2.01. The number of para-hydroxylation sites is 2. The summed E-state index contributed by atoms with van der Waals surface area (Å²) < 4.78 is 59.4. The summed E-state index contributed by atoms with van der Waals surface area (Å²) in [5, 5.41) is 0. The van der Waals surface area contributed by atoms with Crippen molar-refractivity contribution in [3.05, 3.63) is 59.9 Å². The van der Waals surface area contributed by atoms with Gasteiger partial charge in [0.1, 0.15) is 12.4 Å². The van der Waals surface area contributed by atoms with Crippen LogP contribution in [0.1, 0.15) is 5.56 Å². The van der Waals surface area contributed by atoms with Gasteiger partial charge < -0.3 is 9.47 Å². The molecule has 2 aromatic rings. The Morgan fingerprint density at radius 2 is 1.38 bits per heavy atom. The van der Waals surface area contributed by atoms with Crippen LogP contribution < -0.4 is 9.47 Å². The highest BCUT2D eigenvalue weighted by atomic mass is 19.4. The minimum absolute atomic E-state index is 0.0111. The number of alkyl halides is 3. The Labute approximate surface area is 118 Å². The predicted molar refractivity (Wildman–Crippen MR) is 68.7 cm³/mol. The third-order valence-corrected chi connectivity index (χ3v) is 2.55. The smallest absolute Gasteiger partial charge is 0.422 e.